The molecule has 0 aliphatic heterocycles. The molecule has 3 atom stereocenters. The second-order valence-electron chi connectivity index (χ2n) is 4.84. The van der Waals surface area contributed by atoms with E-state index in [4.69, 9.17) is 17.0 Å². The van der Waals surface area contributed by atoms with Crippen molar-refractivity contribution in [3.63, 3.8) is 0 Å². The van der Waals surface area contributed by atoms with Crippen molar-refractivity contribution in [2.24, 2.45) is 17.8 Å². The van der Waals surface area contributed by atoms with Gasteiger partial charge in [-0.25, -0.2) is 0 Å². The summed E-state index contributed by atoms with van der Waals surface area (Å²) in [5, 5.41) is 0. The molecule has 0 radical (unpaired) electrons. The van der Waals surface area contributed by atoms with Crippen LogP contribution in [0.4, 0.5) is 0 Å². The molecule has 1 aliphatic rings. The number of ether oxygens (including phenoxy) is 1. The predicted molar refractivity (Wildman–Crippen MR) is 72.3 cm³/mol. The molecule has 3 heteroatoms. The standard InChI is InChI=1S/C12H22OS2/c1-8(2)11-9(3)6-5-7-10(11)13-12(14)15-4/h8-11H,5-7H2,1-4H3/t9-,10+,11+/m0/s1. The molecule has 0 bridgehead atoms. The molecule has 0 unspecified atom stereocenters. The summed E-state index contributed by atoms with van der Waals surface area (Å²) in [5.74, 6) is 2.13. The number of thioether (sulfide) groups is 1. The highest BCUT2D eigenvalue weighted by Crippen LogP contribution is 2.37. The lowest BCUT2D eigenvalue weighted by molar-refractivity contribution is 0.0281. The topological polar surface area (TPSA) is 9.23 Å². The van der Waals surface area contributed by atoms with Gasteiger partial charge in [-0.1, -0.05) is 39.0 Å². The minimum atomic E-state index is 0.355. The second-order valence-corrected chi connectivity index (χ2v) is 6.25. The summed E-state index contributed by atoms with van der Waals surface area (Å²) in [5.41, 5.74) is 0. The van der Waals surface area contributed by atoms with Gasteiger partial charge in [-0.15, -0.1) is 0 Å². The summed E-state index contributed by atoms with van der Waals surface area (Å²) in [6.45, 7) is 6.94. The zero-order valence-electron chi connectivity index (χ0n) is 10.2. The van der Waals surface area contributed by atoms with Gasteiger partial charge in [-0.05, 0) is 43.2 Å². The molecule has 88 valence electrons. The van der Waals surface area contributed by atoms with E-state index in [2.05, 4.69) is 20.8 Å². The molecule has 0 aromatic carbocycles. The van der Waals surface area contributed by atoms with Crippen LogP contribution in [-0.2, 0) is 4.74 Å². The van der Waals surface area contributed by atoms with Gasteiger partial charge in [0.2, 0.25) is 4.38 Å². The molecule has 15 heavy (non-hydrogen) atoms. The van der Waals surface area contributed by atoms with E-state index >= 15 is 0 Å². The fraction of sp³-hybridized carbons (Fsp3) is 0.917. The van der Waals surface area contributed by atoms with E-state index < -0.39 is 0 Å². The van der Waals surface area contributed by atoms with Gasteiger partial charge in [-0.3, -0.25) is 0 Å². The van der Waals surface area contributed by atoms with Crippen LogP contribution >= 0.6 is 24.0 Å². The normalized spacial score (nSPS) is 31.7. The smallest absolute Gasteiger partial charge is 0.219 e. The van der Waals surface area contributed by atoms with E-state index in [1.54, 1.807) is 11.8 Å². The highest BCUT2D eigenvalue weighted by molar-refractivity contribution is 8.22. The van der Waals surface area contributed by atoms with Gasteiger partial charge in [0.05, 0.1) is 0 Å². The Hall–Kier alpha value is 0.240. The van der Waals surface area contributed by atoms with E-state index in [1.165, 1.54) is 19.3 Å². The number of hydrogen-bond acceptors (Lipinski definition) is 3. The van der Waals surface area contributed by atoms with Crippen molar-refractivity contribution < 1.29 is 4.74 Å². The molecule has 0 heterocycles. The van der Waals surface area contributed by atoms with Crippen LogP contribution in [0.15, 0.2) is 0 Å². The first-order valence-corrected chi connectivity index (χ1v) is 7.44. The molecule has 0 aromatic rings. The molecule has 0 amide bonds. The number of thiocarbonyl (C=S) groups is 1. The van der Waals surface area contributed by atoms with Crippen LogP contribution in [-0.4, -0.2) is 16.7 Å². The Morgan fingerprint density at radius 3 is 2.60 bits per heavy atom. The van der Waals surface area contributed by atoms with Crippen molar-refractivity contribution in [1.29, 1.82) is 0 Å². The molecule has 0 aromatic heterocycles. The zero-order chi connectivity index (χ0) is 11.4. The largest absolute Gasteiger partial charge is 0.475 e. The summed E-state index contributed by atoms with van der Waals surface area (Å²) >= 11 is 6.70. The lowest BCUT2D eigenvalue weighted by Gasteiger charge is -2.38. The van der Waals surface area contributed by atoms with Crippen LogP contribution < -0.4 is 0 Å². The van der Waals surface area contributed by atoms with Crippen molar-refractivity contribution in [3.05, 3.63) is 0 Å². The molecular weight excluding hydrogens is 224 g/mol. The Balaban J connectivity index is 2.62. The maximum absolute atomic E-state index is 5.88. The molecule has 0 N–H and O–H groups in total. The lowest BCUT2D eigenvalue weighted by Crippen LogP contribution is -2.37. The maximum atomic E-state index is 5.88. The molecule has 1 nitrogen and oxygen atoms in total. The highest BCUT2D eigenvalue weighted by atomic mass is 32.2. The summed E-state index contributed by atoms with van der Waals surface area (Å²) in [6, 6.07) is 0. The average Bonchev–Trinajstić information content (AvgIpc) is 2.17. The first-order chi connectivity index (χ1) is 7.06. The van der Waals surface area contributed by atoms with E-state index in [0.717, 1.165) is 5.92 Å². The van der Waals surface area contributed by atoms with Gasteiger partial charge < -0.3 is 4.74 Å². The highest BCUT2D eigenvalue weighted by Gasteiger charge is 2.34. The van der Waals surface area contributed by atoms with Crippen molar-refractivity contribution in [1.82, 2.24) is 0 Å². The minimum absolute atomic E-state index is 0.355. The Bertz CT molecular complexity index is 216. The lowest BCUT2D eigenvalue weighted by atomic mass is 9.72. The van der Waals surface area contributed by atoms with Crippen molar-refractivity contribution >= 4 is 28.4 Å². The fourth-order valence-corrected chi connectivity index (χ4v) is 3.13. The molecule has 1 fully saturated rings. The second kappa shape index (κ2) is 6.09. The predicted octanol–water partition coefficient (Wildman–Crippen LogP) is 4.11. The summed E-state index contributed by atoms with van der Waals surface area (Å²) < 4.78 is 6.59. The molecule has 0 spiro atoms. The molecule has 1 aliphatic carbocycles. The average molecular weight is 246 g/mol. The minimum Gasteiger partial charge on any atom is -0.475 e. The first kappa shape index (κ1) is 13.3. The third kappa shape index (κ3) is 3.63. The fourth-order valence-electron chi connectivity index (χ4n) is 2.79. The first-order valence-electron chi connectivity index (χ1n) is 5.80. The number of rotatable bonds is 2. The van der Waals surface area contributed by atoms with Crippen molar-refractivity contribution in [3.8, 4) is 0 Å². The molecule has 1 rings (SSSR count). The van der Waals surface area contributed by atoms with E-state index in [0.29, 0.717) is 22.3 Å². The quantitative estimate of drug-likeness (QED) is 0.679. The summed E-state index contributed by atoms with van der Waals surface area (Å²) in [6.07, 6.45) is 6.14. The van der Waals surface area contributed by atoms with Crippen molar-refractivity contribution in [2.75, 3.05) is 6.26 Å². The van der Waals surface area contributed by atoms with E-state index in [-0.39, 0.29) is 0 Å². The van der Waals surface area contributed by atoms with Gasteiger partial charge in [0.1, 0.15) is 6.10 Å². The van der Waals surface area contributed by atoms with Crippen molar-refractivity contribution in [2.45, 2.75) is 46.1 Å². The monoisotopic (exact) mass is 246 g/mol. The summed E-state index contributed by atoms with van der Waals surface area (Å²) in [7, 11) is 0. The van der Waals surface area contributed by atoms with Gasteiger partial charge >= 0.3 is 0 Å². The Kier molecular flexibility index (Phi) is 5.41. The Morgan fingerprint density at radius 1 is 1.40 bits per heavy atom. The van der Waals surface area contributed by atoms with Crippen LogP contribution in [0.1, 0.15) is 40.0 Å². The number of hydrogen-bond donors (Lipinski definition) is 0. The van der Waals surface area contributed by atoms with Gasteiger partial charge in [0.25, 0.3) is 0 Å². The van der Waals surface area contributed by atoms with E-state index in [1.807, 2.05) is 6.26 Å². The Labute approximate surface area is 103 Å². The van der Waals surface area contributed by atoms with Gasteiger partial charge in [-0.2, -0.15) is 0 Å². The SMILES string of the molecule is CSC(=S)O[C@@H]1CCC[C@H](C)[C@H]1C(C)C. The Morgan fingerprint density at radius 2 is 2.07 bits per heavy atom. The molecule has 0 saturated heterocycles. The van der Waals surface area contributed by atoms with Crippen LogP contribution in [0.2, 0.25) is 0 Å². The maximum Gasteiger partial charge on any atom is 0.219 e. The molecule has 1 saturated carbocycles. The van der Waals surface area contributed by atoms with Gasteiger partial charge in [0.15, 0.2) is 0 Å². The van der Waals surface area contributed by atoms with Crippen LogP contribution in [0.3, 0.4) is 0 Å². The molecular formula is C12H22OS2. The van der Waals surface area contributed by atoms with Crippen LogP contribution in [0.5, 0.6) is 0 Å². The van der Waals surface area contributed by atoms with Gasteiger partial charge in [0, 0.05) is 5.92 Å². The van der Waals surface area contributed by atoms with Crippen LogP contribution in [0, 0.1) is 17.8 Å². The summed E-state index contributed by atoms with van der Waals surface area (Å²) in [4.78, 5) is 0. The van der Waals surface area contributed by atoms with Crippen LogP contribution in [0.25, 0.3) is 0 Å². The third-order valence-corrected chi connectivity index (χ3v) is 4.44. The third-order valence-electron chi connectivity index (χ3n) is 3.42. The zero-order valence-corrected chi connectivity index (χ0v) is 11.8. The van der Waals surface area contributed by atoms with E-state index in [9.17, 15) is 0 Å².